The number of aliphatic hydroxyl groups excluding tert-OH is 1. The molecule has 1 heterocycles. The number of hydrogen-bond acceptors (Lipinski definition) is 5. The number of rotatable bonds is 9. The third-order valence-electron chi connectivity index (χ3n) is 4.20. The number of carbonyl (C=O) groups is 1. The van der Waals surface area contributed by atoms with Crippen molar-refractivity contribution < 1.29 is 24.1 Å². The van der Waals surface area contributed by atoms with Gasteiger partial charge in [0, 0.05) is 28.6 Å². The van der Waals surface area contributed by atoms with Gasteiger partial charge in [0.2, 0.25) is 12.0 Å². The molecular weight excluding hydrogens is 447 g/mol. The van der Waals surface area contributed by atoms with Gasteiger partial charge in [-0.15, -0.1) is 0 Å². The van der Waals surface area contributed by atoms with Crippen LogP contribution in [0.4, 0.5) is 0 Å². The molecule has 0 aliphatic carbocycles. The van der Waals surface area contributed by atoms with Crippen LogP contribution in [0.15, 0.2) is 48.8 Å². The molecule has 0 amide bonds. The number of benzene rings is 1. The smallest absolute Gasteiger partial charge is 0.373 e. The first-order chi connectivity index (χ1) is 12.6. The number of ether oxygens (including phenoxy) is 3. The van der Waals surface area contributed by atoms with E-state index in [0.29, 0.717) is 13.0 Å². The van der Waals surface area contributed by atoms with Gasteiger partial charge >= 0.3 is 5.97 Å². The lowest BCUT2D eigenvalue weighted by molar-refractivity contribution is -0.175. The first-order valence-corrected chi connectivity index (χ1v) is 9.83. The summed E-state index contributed by atoms with van der Waals surface area (Å²) in [5, 5.41) is 9.26. The second-order valence-electron chi connectivity index (χ2n) is 5.97. The average Bonchev–Trinajstić information content (AvgIpc) is 2.65. The van der Waals surface area contributed by atoms with Crippen molar-refractivity contribution in [2.75, 3.05) is 19.8 Å². The van der Waals surface area contributed by atoms with Crippen LogP contribution in [-0.4, -0.2) is 37.2 Å². The highest BCUT2D eigenvalue weighted by atomic mass is 127. The second-order valence-corrected chi connectivity index (χ2v) is 7.21. The van der Waals surface area contributed by atoms with Gasteiger partial charge in [0.1, 0.15) is 6.61 Å². The molecule has 1 aromatic rings. The van der Waals surface area contributed by atoms with Crippen LogP contribution in [0.2, 0.25) is 0 Å². The summed E-state index contributed by atoms with van der Waals surface area (Å²) in [6.07, 6.45) is 4.13. The summed E-state index contributed by atoms with van der Waals surface area (Å²) in [5.41, 5.74) is 1.08. The van der Waals surface area contributed by atoms with E-state index in [4.69, 9.17) is 14.2 Å². The number of aliphatic hydroxyl groups is 1. The fourth-order valence-electron chi connectivity index (χ4n) is 3.02. The Kier molecular flexibility index (Phi) is 8.61. The minimum absolute atomic E-state index is 0.00174. The molecule has 1 aromatic carbocycles. The van der Waals surface area contributed by atoms with Crippen molar-refractivity contribution in [3.8, 4) is 0 Å². The van der Waals surface area contributed by atoms with Gasteiger partial charge in [-0.2, -0.15) is 0 Å². The van der Waals surface area contributed by atoms with Gasteiger partial charge in [-0.25, -0.2) is 4.79 Å². The zero-order chi connectivity index (χ0) is 18.9. The molecule has 0 saturated carbocycles. The quantitative estimate of drug-likeness (QED) is 0.337. The molecule has 1 aliphatic heterocycles. The van der Waals surface area contributed by atoms with Crippen molar-refractivity contribution in [2.45, 2.75) is 32.0 Å². The van der Waals surface area contributed by atoms with Crippen LogP contribution in [0.5, 0.6) is 0 Å². The van der Waals surface area contributed by atoms with Crippen molar-refractivity contribution >= 4 is 28.6 Å². The minimum Gasteiger partial charge on any atom is -0.457 e. The molecule has 0 bridgehead atoms. The molecule has 0 radical (unpaired) electrons. The van der Waals surface area contributed by atoms with Crippen molar-refractivity contribution in [1.82, 2.24) is 0 Å². The Morgan fingerprint density at radius 1 is 1.38 bits per heavy atom. The molecule has 0 fully saturated rings. The molecule has 142 valence electrons. The average molecular weight is 472 g/mol. The highest BCUT2D eigenvalue weighted by Gasteiger charge is 2.38. The Morgan fingerprint density at radius 2 is 2.12 bits per heavy atom. The lowest BCUT2D eigenvalue weighted by Gasteiger charge is -2.36. The Hall–Kier alpha value is -1.38. The van der Waals surface area contributed by atoms with E-state index in [0.717, 1.165) is 15.6 Å². The van der Waals surface area contributed by atoms with Gasteiger partial charge in [0.15, 0.2) is 0 Å². The Morgan fingerprint density at radius 3 is 2.73 bits per heavy atom. The highest BCUT2D eigenvalue weighted by Crippen LogP contribution is 2.39. The van der Waals surface area contributed by atoms with Crippen molar-refractivity contribution in [2.24, 2.45) is 5.92 Å². The summed E-state index contributed by atoms with van der Waals surface area (Å²) >= 11 is 2.26. The lowest BCUT2D eigenvalue weighted by atomic mass is 9.80. The maximum absolute atomic E-state index is 12.3. The molecule has 26 heavy (non-hydrogen) atoms. The molecule has 1 aliphatic rings. The van der Waals surface area contributed by atoms with Gasteiger partial charge in [-0.3, -0.25) is 0 Å². The largest absolute Gasteiger partial charge is 0.457 e. The molecule has 0 unspecified atom stereocenters. The van der Waals surface area contributed by atoms with Gasteiger partial charge in [-0.1, -0.05) is 24.8 Å². The predicted molar refractivity (Wildman–Crippen MR) is 107 cm³/mol. The van der Waals surface area contributed by atoms with Crippen molar-refractivity contribution in [1.29, 1.82) is 0 Å². The molecule has 6 heteroatoms. The normalized spacial score (nSPS) is 22.3. The third kappa shape index (κ3) is 5.56. The van der Waals surface area contributed by atoms with E-state index >= 15 is 0 Å². The summed E-state index contributed by atoms with van der Waals surface area (Å²) in [5.74, 6) is -0.423. The number of allylic oxidation sites excluding steroid dienone is 1. The molecule has 0 spiro atoms. The maximum atomic E-state index is 12.3. The Labute approximate surface area is 168 Å². The first-order valence-electron chi connectivity index (χ1n) is 8.75. The van der Waals surface area contributed by atoms with Crippen molar-refractivity contribution in [3.63, 3.8) is 0 Å². The van der Waals surface area contributed by atoms with Crippen LogP contribution in [-0.2, 0) is 19.0 Å². The second kappa shape index (κ2) is 10.7. The zero-order valence-electron chi connectivity index (χ0n) is 14.9. The number of hydrogen-bond donors (Lipinski definition) is 1. The van der Waals surface area contributed by atoms with E-state index in [1.807, 2.05) is 25.1 Å². The summed E-state index contributed by atoms with van der Waals surface area (Å²) in [6, 6.07) is 8.17. The van der Waals surface area contributed by atoms with Gasteiger partial charge < -0.3 is 19.3 Å². The fourth-order valence-corrected chi connectivity index (χ4v) is 3.38. The van der Waals surface area contributed by atoms with E-state index in [-0.39, 0.29) is 30.8 Å². The van der Waals surface area contributed by atoms with Crippen LogP contribution >= 0.6 is 22.6 Å². The standard InChI is InChI=1S/C20H25IO5/c1-3-12-25-19(23)18-13-17(14-7-9-15(21)10-8-14)16(6-5-11-22)20(26-18)24-4-2/h3,7-10,13,16-17,20,22H,1,4-6,11-12H2,2H3/t16-,17-,20-/m1/s1. The minimum atomic E-state index is -0.563. The van der Waals surface area contributed by atoms with Crippen molar-refractivity contribution in [3.05, 3.63) is 57.9 Å². The number of esters is 1. The summed E-state index contributed by atoms with van der Waals surface area (Å²) in [6.45, 7) is 6.14. The van der Waals surface area contributed by atoms with Crippen LogP contribution < -0.4 is 0 Å². The summed E-state index contributed by atoms with van der Waals surface area (Å²) in [4.78, 5) is 12.3. The Balaban J connectivity index is 2.36. The van der Waals surface area contributed by atoms with Crippen LogP contribution in [0.3, 0.4) is 0 Å². The molecule has 0 saturated heterocycles. The van der Waals surface area contributed by atoms with E-state index in [1.54, 1.807) is 0 Å². The Bertz CT molecular complexity index is 626. The lowest BCUT2D eigenvalue weighted by Crippen LogP contribution is -2.36. The fraction of sp³-hybridized carbons (Fsp3) is 0.450. The van der Waals surface area contributed by atoms with E-state index in [2.05, 4.69) is 41.3 Å². The molecule has 1 N–H and O–H groups in total. The van der Waals surface area contributed by atoms with Crippen LogP contribution in [0, 0.1) is 9.49 Å². The topological polar surface area (TPSA) is 65.0 Å². The van der Waals surface area contributed by atoms with E-state index < -0.39 is 12.3 Å². The highest BCUT2D eigenvalue weighted by molar-refractivity contribution is 14.1. The first kappa shape index (κ1) is 20.9. The summed E-state index contributed by atoms with van der Waals surface area (Å²) in [7, 11) is 0. The third-order valence-corrected chi connectivity index (χ3v) is 4.92. The molecule has 5 nitrogen and oxygen atoms in total. The van der Waals surface area contributed by atoms with Crippen LogP contribution in [0.1, 0.15) is 31.2 Å². The molecule has 3 atom stereocenters. The molecular formula is C20H25IO5. The zero-order valence-corrected chi connectivity index (χ0v) is 17.1. The van der Waals surface area contributed by atoms with Gasteiger partial charge in [-0.05, 0) is 66.1 Å². The molecule has 2 rings (SSSR count). The number of halogens is 1. The van der Waals surface area contributed by atoms with Crippen LogP contribution in [0.25, 0.3) is 0 Å². The van der Waals surface area contributed by atoms with E-state index in [9.17, 15) is 9.90 Å². The SMILES string of the molecule is C=CCOC(=O)C1=C[C@H](c2ccc(I)cc2)[C@@H](CCCO)[C@H](OCC)O1. The molecule has 0 aromatic heterocycles. The van der Waals surface area contributed by atoms with Gasteiger partial charge in [0.05, 0.1) is 0 Å². The van der Waals surface area contributed by atoms with Gasteiger partial charge in [0.25, 0.3) is 0 Å². The summed E-state index contributed by atoms with van der Waals surface area (Å²) < 4.78 is 17.9. The monoisotopic (exact) mass is 472 g/mol. The number of carbonyl (C=O) groups excluding carboxylic acids is 1. The maximum Gasteiger partial charge on any atom is 0.373 e. The van der Waals surface area contributed by atoms with E-state index in [1.165, 1.54) is 6.08 Å². The predicted octanol–water partition coefficient (Wildman–Crippen LogP) is 3.77.